The van der Waals surface area contributed by atoms with Crippen molar-refractivity contribution in [3.05, 3.63) is 35.5 Å². The molecule has 1 aliphatic rings. The Kier molecular flexibility index (Phi) is 5.20. The second kappa shape index (κ2) is 6.68. The molecule has 0 atom stereocenters. The first-order chi connectivity index (χ1) is 8.20. The van der Waals surface area contributed by atoms with Gasteiger partial charge in [-0.05, 0) is 26.3 Å². The van der Waals surface area contributed by atoms with Crippen LogP contribution in [0.4, 0.5) is 0 Å². The highest BCUT2D eigenvalue weighted by Crippen LogP contribution is 2.18. The van der Waals surface area contributed by atoms with Crippen molar-refractivity contribution in [2.75, 3.05) is 13.2 Å². The molecule has 0 aromatic rings. The van der Waals surface area contributed by atoms with Crippen molar-refractivity contribution in [3.63, 3.8) is 0 Å². The zero-order valence-corrected chi connectivity index (χ0v) is 10.1. The van der Waals surface area contributed by atoms with E-state index in [-0.39, 0.29) is 24.4 Å². The molecule has 0 heterocycles. The van der Waals surface area contributed by atoms with E-state index >= 15 is 0 Å². The molecule has 1 aliphatic carbocycles. The topological polar surface area (TPSA) is 52.6 Å². The number of rotatable bonds is 4. The quantitative estimate of drug-likeness (QED) is 0.700. The third-order valence-electron chi connectivity index (χ3n) is 2.14. The molecule has 0 aromatic heterocycles. The molecule has 92 valence electrons. The fourth-order valence-electron chi connectivity index (χ4n) is 1.42. The molecule has 0 fully saturated rings. The highest BCUT2D eigenvalue weighted by Gasteiger charge is 2.22. The summed E-state index contributed by atoms with van der Waals surface area (Å²) in [5.41, 5.74) is 0.523. The Morgan fingerprint density at radius 3 is 2.29 bits per heavy atom. The lowest BCUT2D eigenvalue weighted by molar-refractivity contribution is -0.142. The van der Waals surface area contributed by atoms with E-state index in [0.717, 1.165) is 0 Å². The molecule has 0 saturated heterocycles. The van der Waals surface area contributed by atoms with Gasteiger partial charge in [0.2, 0.25) is 0 Å². The average molecular weight is 236 g/mol. The Bertz CT molecular complexity index is 388. The normalized spacial score (nSPS) is 14.5. The summed E-state index contributed by atoms with van der Waals surface area (Å²) >= 11 is 0. The molecule has 1 rings (SSSR count). The van der Waals surface area contributed by atoms with Crippen LogP contribution in [0.25, 0.3) is 0 Å². The maximum atomic E-state index is 11.7. The van der Waals surface area contributed by atoms with Gasteiger partial charge in [0, 0.05) is 0 Å². The van der Waals surface area contributed by atoms with E-state index in [1.54, 1.807) is 32.1 Å². The van der Waals surface area contributed by atoms with Gasteiger partial charge in [0.1, 0.15) is 0 Å². The molecular formula is C13H16O4. The van der Waals surface area contributed by atoms with Crippen LogP contribution < -0.4 is 0 Å². The summed E-state index contributed by atoms with van der Waals surface area (Å²) in [5, 5.41) is 0. The van der Waals surface area contributed by atoms with Crippen LogP contribution in [0.5, 0.6) is 0 Å². The number of hydrogen-bond donors (Lipinski definition) is 0. The minimum atomic E-state index is -0.502. The highest BCUT2D eigenvalue weighted by molar-refractivity contribution is 6.07. The molecule has 0 radical (unpaired) electrons. The van der Waals surface area contributed by atoms with E-state index < -0.39 is 11.9 Å². The van der Waals surface area contributed by atoms with Crippen LogP contribution in [0.15, 0.2) is 35.5 Å². The van der Waals surface area contributed by atoms with Gasteiger partial charge in [0.25, 0.3) is 0 Å². The van der Waals surface area contributed by atoms with Gasteiger partial charge >= 0.3 is 11.9 Å². The Balaban J connectivity index is 2.95. The zero-order chi connectivity index (χ0) is 12.7. The van der Waals surface area contributed by atoms with Crippen molar-refractivity contribution < 1.29 is 19.1 Å². The lowest BCUT2D eigenvalue weighted by atomic mass is 10.1. The fraction of sp³-hybridized carbons (Fsp3) is 0.385. The van der Waals surface area contributed by atoms with E-state index in [1.165, 1.54) is 0 Å². The lowest BCUT2D eigenvalue weighted by Crippen LogP contribution is -2.16. The van der Waals surface area contributed by atoms with E-state index in [4.69, 9.17) is 9.47 Å². The number of esters is 2. The number of carbonyl (C=O) groups excluding carboxylic acids is 2. The summed E-state index contributed by atoms with van der Waals surface area (Å²) in [6, 6.07) is 0. The Morgan fingerprint density at radius 1 is 1.12 bits per heavy atom. The van der Waals surface area contributed by atoms with Crippen LogP contribution in [0.2, 0.25) is 0 Å². The number of hydrogen-bond acceptors (Lipinski definition) is 4. The van der Waals surface area contributed by atoms with Crippen LogP contribution in [0.3, 0.4) is 0 Å². The standard InChI is InChI=1S/C13H16O4/c1-3-16-12(14)10-8-6-5-7-9-11(10)13(15)17-4-2/h5-6,8-9H,3-4,7H2,1-2H3. The molecule has 0 aromatic carbocycles. The second-order valence-corrected chi connectivity index (χ2v) is 3.30. The van der Waals surface area contributed by atoms with Crippen molar-refractivity contribution in [2.24, 2.45) is 0 Å². The smallest absolute Gasteiger partial charge is 0.338 e. The monoisotopic (exact) mass is 236 g/mol. The van der Waals surface area contributed by atoms with Crippen LogP contribution in [-0.4, -0.2) is 25.2 Å². The SMILES string of the molecule is CCOC(=O)C1=CC=CCC=C1C(=O)OCC. The average Bonchev–Trinajstić information content (AvgIpc) is 2.54. The zero-order valence-electron chi connectivity index (χ0n) is 10.1. The van der Waals surface area contributed by atoms with Gasteiger partial charge in [-0.1, -0.05) is 18.2 Å². The molecule has 0 spiro atoms. The summed E-state index contributed by atoms with van der Waals surface area (Å²) in [6.45, 7) is 4.00. The van der Waals surface area contributed by atoms with Crippen molar-refractivity contribution in [3.8, 4) is 0 Å². The predicted octanol–water partition coefficient (Wildman–Crippen LogP) is 1.93. The minimum absolute atomic E-state index is 0.249. The maximum absolute atomic E-state index is 11.7. The lowest BCUT2D eigenvalue weighted by Gasteiger charge is -2.09. The van der Waals surface area contributed by atoms with Crippen LogP contribution >= 0.6 is 0 Å². The first-order valence-corrected chi connectivity index (χ1v) is 5.62. The Morgan fingerprint density at radius 2 is 1.71 bits per heavy atom. The van der Waals surface area contributed by atoms with Crippen molar-refractivity contribution in [1.82, 2.24) is 0 Å². The Labute approximate surface area is 101 Å². The summed E-state index contributed by atoms with van der Waals surface area (Å²) in [5.74, 6) is -0.992. The van der Waals surface area contributed by atoms with Crippen molar-refractivity contribution >= 4 is 11.9 Å². The molecular weight excluding hydrogens is 220 g/mol. The molecule has 4 nitrogen and oxygen atoms in total. The predicted molar refractivity (Wildman–Crippen MR) is 63.2 cm³/mol. The maximum Gasteiger partial charge on any atom is 0.338 e. The molecule has 0 N–H and O–H groups in total. The first-order valence-electron chi connectivity index (χ1n) is 5.62. The highest BCUT2D eigenvalue weighted by atomic mass is 16.5. The summed E-state index contributed by atoms with van der Waals surface area (Å²) in [7, 11) is 0. The number of allylic oxidation sites excluding steroid dienone is 4. The van der Waals surface area contributed by atoms with E-state index in [9.17, 15) is 9.59 Å². The van der Waals surface area contributed by atoms with Crippen LogP contribution in [0, 0.1) is 0 Å². The van der Waals surface area contributed by atoms with Gasteiger partial charge < -0.3 is 9.47 Å². The van der Waals surface area contributed by atoms with E-state index in [2.05, 4.69) is 0 Å². The summed E-state index contributed by atoms with van der Waals surface area (Å²) < 4.78 is 9.82. The molecule has 0 aliphatic heterocycles. The van der Waals surface area contributed by atoms with Gasteiger partial charge in [-0.2, -0.15) is 0 Å². The van der Waals surface area contributed by atoms with Crippen molar-refractivity contribution in [1.29, 1.82) is 0 Å². The number of carbonyl (C=O) groups is 2. The third-order valence-corrected chi connectivity index (χ3v) is 2.14. The van der Waals surface area contributed by atoms with Crippen LogP contribution in [-0.2, 0) is 19.1 Å². The Hall–Kier alpha value is -1.84. The van der Waals surface area contributed by atoms with Gasteiger partial charge in [-0.3, -0.25) is 0 Å². The number of ether oxygens (including phenoxy) is 2. The summed E-state index contributed by atoms with van der Waals surface area (Å²) in [6.07, 6.45) is 7.42. The molecule has 0 bridgehead atoms. The molecule has 0 unspecified atom stereocenters. The fourth-order valence-corrected chi connectivity index (χ4v) is 1.42. The van der Waals surface area contributed by atoms with E-state index in [0.29, 0.717) is 6.42 Å². The van der Waals surface area contributed by atoms with Gasteiger partial charge in [-0.15, -0.1) is 0 Å². The molecule has 4 heteroatoms. The first kappa shape index (κ1) is 13.2. The molecule has 0 saturated carbocycles. The van der Waals surface area contributed by atoms with Gasteiger partial charge in [-0.25, -0.2) is 9.59 Å². The van der Waals surface area contributed by atoms with Gasteiger partial charge in [0.05, 0.1) is 24.4 Å². The van der Waals surface area contributed by atoms with E-state index in [1.807, 2.05) is 6.08 Å². The third kappa shape index (κ3) is 3.59. The summed E-state index contributed by atoms with van der Waals surface area (Å²) in [4.78, 5) is 23.4. The second-order valence-electron chi connectivity index (χ2n) is 3.30. The molecule has 17 heavy (non-hydrogen) atoms. The van der Waals surface area contributed by atoms with Gasteiger partial charge in [0.15, 0.2) is 0 Å². The van der Waals surface area contributed by atoms with Crippen LogP contribution in [0.1, 0.15) is 20.3 Å². The minimum Gasteiger partial charge on any atom is -0.462 e. The largest absolute Gasteiger partial charge is 0.462 e. The molecule has 0 amide bonds. The van der Waals surface area contributed by atoms with Crippen molar-refractivity contribution in [2.45, 2.75) is 20.3 Å².